The normalized spacial score (nSPS) is 15.0. The van der Waals surface area contributed by atoms with Crippen LogP contribution in [-0.4, -0.2) is 32.4 Å². The molecule has 1 fully saturated rings. The number of rotatable bonds is 2. The summed E-state index contributed by atoms with van der Waals surface area (Å²) >= 11 is 0. The minimum atomic E-state index is 0.520. The van der Waals surface area contributed by atoms with Crippen molar-refractivity contribution in [3.05, 3.63) is 36.9 Å². The van der Waals surface area contributed by atoms with Gasteiger partial charge in [-0.2, -0.15) is 0 Å². The minimum Gasteiger partial charge on any atom is -0.384 e. The third-order valence-electron chi connectivity index (χ3n) is 3.90. The van der Waals surface area contributed by atoms with Gasteiger partial charge in [0.2, 0.25) is 0 Å². The molecule has 3 aromatic heterocycles. The molecule has 6 heteroatoms. The van der Waals surface area contributed by atoms with Crippen LogP contribution in [0.5, 0.6) is 0 Å². The summed E-state index contributed by atoms with van der Waals surface area (Å²) < 4.78 is 2.06. The molecule has 3 aromatic rings. The zero-order chi connectivity index (χ0) is 14.2. The molecule has 0 aliphatic carbocycles. The van der Waals surface area contributed by atoms with E-state index in [1.807, 2.05) is 24.7 Å². The minimum absolute atomic E-state index is 0.520. The molecule has 21 heavy (non-hydrogen) atoms. The largest absolute Gasteiger partial charge is 0.384 e. The van der Waals surface area contributed by atoms with Gasteiger partial charge in [-0.3, -0.25) is 4.40 Å². The lowest BCUT2D eigenvalue weighted by molar-refractivity contribution is 0.928. The third kappa shape index (κ3) is 1.99. The van der Waals surface area contributed by atoms with E-state index in [1.165, 1.54) is 12.8 Å². The predicted molar refractivity (Wildman–Crippen MR) is 82.1 cm³/mol. The first kappa shape index (κ1) is 12.1. The summed E-state index contributed by atoms with van der Waals surface area (Å²) in [4.78, 5) is 15.5. The molecule has 0 aromatic carbocycles. The van der Waals surface area contributed by atoms with Crippen molar-refractivity contribution in [1.29, 1.82) is 0 Å². The average Bonchev–Trinajstić information content (AvgIpc) is 3.17. The van der Waals surface area contributed by atoms with E-state index in [1.54, 1.807) is 12.3 Å². The van der Waals surface area contributed by atoms with Gasteiger partial charge in [0.05, 0.1) is 11.9 Å². The summed E-state index contributed by atoms with van der Waals surface area (Å²) in [6, 6.07) is 3.76. The number of hydrogen-bond donors (Lipinski definition) is 1. The quantitative estimate of drug-likeness (QED) is 0.777. The Morgan fingerprint density at radius 3 is 2.62 bits per heavy atom. The first-order chi connectivity index (χ1) is 10.3. The molecule has 4 rings (SSSR count). The van der Waals surface area contributed by atoms with Gasteiger partial charge >= 0.3 is 0 Å². The molecule has 0 spiro atoms. The van der Waals surface area contributed by atoms with Gasteiger partial charge in [0.1, 0.15) is 5.82 Å². The molecular weight excluding hydrogens is 264 g/mol. The predicted octanol–water partition coefficient (Wildman–Crippen LogP) is 1.97. The van der Waals surface area contributed by atoms with Gasteiger partial charge in [-0.15, -0.1) is 0 Å². The van der Waals surface area contributed by atoms with E-state index in [2.05, 4.69) is 24.3 Å². The molecule has 0 atom stereocenters. The van der Waals surface area contributed by atoms with Crippen LogP contribution in [0.2, 0.25) is 0 Å². The topological polar surface area (TPSA) is 72.3 Å². The summed E-state index contributed by atoms with van der Waals surface area (Å²) in [5, 5.41) is 0. The Bertz CT molecular complexity index is 770. The van der Waals surface area contributed by atoms with Gasteiger partial charge in [-0.1, -0.05) is 0 Å². The maximum Gasteiger partial charge on any atom is 0.180 e. The highest BCUT2D eigenvalue weighted by molar-refractivity contribution is 5.71. The van der Waals surface area contributed by atoms with E-state index < -0.39 is 0 Å². The highest BCUT2D eigenvalue weighted by Gasteiger charge is 2.18. The van der Waals surface area contributed by atoms with Crippen LogP contribution >= 0.6 is 0 Å². The van der Waals surface area contributed by atoms with Gasteiger partial charge in [-0.25, -0.2) is 15.0 Å². The molecule has 0 saturated carbocycles. The van der Waals surface area contributed by atoms with Crippen LogP contribution in [0.15, 0.2) is 36.9 Å². The van der Waals surface area contributed by atoms with E-state index in [9.17, 15) is 0 Å². The Hall–Kier alpha value is -2.63. The Labute approximate surface area is 122 Å². The first-order valence-electron chi connectivity index (χ1n) is 7.12. The van der Waals surface area contributed by atoms with Crippen molar-refractivity contribution in [3.63, 3.8) is 0 Å². The van der Waals surface area contributed by atoms with Crippen molar-refractivity contribution >= 4 is 17.3 Å². The standard InChI is InChI=1S/C15H16N6/c16-13-4-3-11(9-18-13)12-10-19-15-14(17-5-8-21(12)15)20-6-1-2-7-20/h3-5,8-10H,1-2,6-7H2,(H2,16,18). The molecule has 0 amide bonds. The van der Waals surface area contributed by atoms with Crippen molar-refractivity contribution in [3.8, 4) is 11.3 Å². The Morgan fingerprint density at radius 2 is 1.86 bits per heavy atom. The second-order valence-electron chi connectivity index (χ2n) is 5.25. The highest BCUT2D eigenvalue weighted by Crippen LogP contribution is 2.26. The number of nitrogen functional groups attached to an aromatic ring is 1. The SMILES string of the molecule is Nc1ccc(-c2cnc3c(N4CCCC4)nccn23)cn1. The lowest BCUT2D eigenvalue weighted by Gasteiger charge is -2.16. The molecule has 1 saturated heterocycles. The molecule has 1 aliphatic rings. The van der Waals surface area contributed by atoms with E-state index in [0.29, 0.717) is 5.82 Å². The second-order valence-corrected chi connectivity index (χ2v) is 5.25. The Balaban J connectivity index is 1.85. The molecule has 2 N–H and O–H groups in total. The number of nitrogens with zero attached hydrogens (tertiary/aromatic N) is 5. The van der Waals surface area contributed by atoms with Crippen molar-refractivity contribution in [2.24, 2.45) is 0 Å². The summed E-state index contributed by atoms with van der Waals surface area (Å²) in [6.45, 7) is 2.11. The maximum absolute atomic E-state index is 5.65. The van der Waals surface area contributed by atoms with Crippen LogP contribution in [0.1, 0.15) is 12.8 Å². The van der Waals surface area contributed by atoms with Gasteiger partial charge in [-0.05, 0) is 25.0 Å². The fraction of sp³-hybridized carbons (Fsp3) is 0.267. The van der Waals surface area contributed by atoms with E-state index >= 15 is 0 Å². The summed E-state index contributed by atoms with van der Waals surface area (Å²) in [5.74, 6) is 1.48. The van der Waals surface area contributed by atoms with Gasteiger partial charge in [0.25, 0.3) is 0 Å². The zero-order valence-corrected chi connectivity index (χ0v) is 11.6. The fourth-order valence-corrected chi connectivity index (χ4v) is 2.83. The number of anilines is 2. The monoisotopic (exact) mass is 280 g/mol. The van der Waals surface area contributed by atoms with Crippen molar-refractivity contribution in [2.45, 2.75) is 12.8 Å². The van der Waals surface area contributed by atoms with Gasteiger partial charge < -0.3 is 10.6 Å². The Kier molecular flexibility index (Phi) is 2.73. The maximum atomic E-state index is 5.65. The van der Waals surface area contributed by atoms with Crippen LogP contribution in [0.3, 0.4) is 0 Å². The second kappa shape index (κ2) is 4.73. The Morgan fingerprint density at radius 1 is 1.00 bits per heavy atom. The van der Waals surface area contributed by atoms with Gasteiger partial charge in [0.15, 0.2) is 11.5 Å². The number of hydrogen-bond acceptors (Lipinski definition) is 5. The van der Waals surface area contributed by atoms with E-state index in [-0.39, 0.29) is 0 Å². The molecular formula is C15H16N6. The summed E-state index contributed by atoms with van der Waals surface area (Å²) in [7, 11) is 0. The number of fused-ring (bicyclic) bond motifs is 1. The molecule has 4 heterocycles. The van der Waals surface area contributed by atoms with Crippen LogP contribution in [0.4, 0.5) is 11.6 Å². The molecule has 0 bridgehead atoms. The van der Waals surface area contributed by atoms with Crippen LogP contribution < -0.4 is 10.6 Å². The third-order valence-corrected chi connectivity index (χ3v) is 3.90. The molecule has 1 aliphatic heterocycles. The van der Waals surface area contributed by atoms with Crippen LogP contribution in [0.25, 0.3) is 16.9 Å². The summed E-state index contributed by atoms with van der Waals surface area (Å²) in [6.07, 6.45) is 9.85. The number of imidazole rings is 1. The fourth-order valence-electron chi connectivity index (χ4n) is 2.83. The smallest absolute Gasteiger partial charge is 0.180 e. The lowest BCUT2D eigenvalue weighted by atomic mass is 10.2. The molecule has 0 unspecified atom stereocenters. The number of nitrogens with two attached hydrogens (primary N) is 1. The lowest BCUT2D eigenvalue weighted by Crippen LogP contribution is -2.19. The number of pyridine rings is 1. The van der Waals surface area contributed by atoms with Crippen LogP contribution in [0, 0.1) is 0 Å². The van der Waals surface area contributed by atoms with E-state index in [4.69, 9.17) is 5.73 Å². The van der Waals surface area contributed by atoms with Crippen LogP contribution in [-0.2, 0) is 0 Å². The molecule has 106 valence electrons. The van der Waals surface area contributed by atoms with Gasteiger partial charge in [0, 0.05) is 37.2 Å². The molecule has 0 radical (unpaired) electrons. The zero-order valence-electron chi connectivity index (χ0n) is 11.6. The van der Waals surface area contributed by atoms with E-state index in [0.717, 1.165) is 35.8 Å². The summed E-state index contributed by atoms with van der Waals surface area (Å²) in [5.41, 5.74) is 8.54. The highest BCUT2D eigenvalue weighted by atomic mass is 15.2. The van der Waals surface area contributed by atoms with Crippen molar-refractivity contribution < 1.29 is 0 Å². The van der Waals surface area contributed by atoms with Crippen molar-refractivity contribution in [2.75, 3.05) is 23.7 Å². The molecule has 6 nitrogen and oxygen atoms in total. The number of aromatic nitrogens is 4. The van der Waals surface area contributed by atoms with Crippen molar-refractivity contribution in [1.82, 2.24) is 19.4 Å². The average molecular weight is 280 g/mol. The first-order valence-corrected chi connectivity index (χ1v) is 7.12.